The van der Waals surface area contributed by atoms with E-state index in [0.717, 1.165) is 13.1 Å². The van der Waals surface area contributed by atoms with Crippen molar-refractivity contribution in [3.8, 4) is 0 Å². The highest BCUT2D eigenvalue weighted by Gasteiger charge is 1.97. The van der Waals surface area contributed by atoms with Crippen LogP contribution in [-0.4, -0.2) is 30.2 Å². The first-order valence-electron chi connectivity index (χ1n) is 4.07. The molecule has 1 rings (SSSR count). The summed E-state index contributed by atoms with van der Waals surface area (Å²) in [5.74, 6) is 0. The predicted molar refractivity (Wildman–Crippen MR) is 48.7 cm³/mol. The lowest BCUT2D eigenvalue weighted by molar-refractivity contribution is 0.217. The minimum Gasteiger partial charge on any atom is -0.395 e. The first kappa shape index (κ1) is 9.23. The third-order valence-electron chi connectivity index (χ3n) is 1.72. The van der Waals surface area contributed by atoms with Gasteiger partial charge >= 0.3 is 0 Å². The molecular formula is C10H14NO. The number of hydrogen-bond acceptors (Lipinski definition) is 2. The van der Waals surface area contributed by atoms with Crippen LogP contribution in [0, 0.1) is 6.07 Å². The zero-order valence-electron chi connectivity index (χ0n) is 7.33. The molecule has 1 N–H and O–H groups in total. The zero-order valence-corrected chi connectivity index (χ0v) is 7.33. The van der Waals surface area contributed by atoms with Crippen LogP contribution in [0.4, 0.5) is 0 Å². The minimum atomic E-state index is 0.218. The Labute approximate surface area is 73.4 Å². The molecule has 0 fully saturated rings. The highest BCUT2D eigenvalue weighted by atomic mass is 16.3. The van der Waals surface area contributed by atoms with Gasteiger partial charge in [-0.1, -0.05) is 24.3 Å². The van der Waals surface area contributed by atoms with Crippen molar-refractivity contribution < 1.29 is 5.11 Å². The fourth-order valence-electron chi connectivity index (χ4n) is 1.09. The van der Waals surface area contributed by atoms with E-state index in [1.54, 1.807) is 0 Å². The van der Waals surface area contributed by atoms with E-state index in [0.29, 0.717) is 0 Å². The molecular weight excluding hydrogens is 150 g/mol. The number of hydrogen-bond donors (Lipinski definition) is 1. The van der Waals surface area contributed by atoms with Gasteiger partial charge in [0, 0.05) is 13.1 Å². The summed E-state index contributed by atoms with van der Waals surface area (Å²) in [6, 6.07) is 10.9. The van der Waals surface area contributed by atoms with Crippen molar-refractivity contribution in [3.63, 3.8) is 0 Å². The van der Waals surface area contributed by atoms with E-state index in [-0.39, 0.29) is 6.61 Å². The van der Waals surface area contributed by atoms with E-state index in [9.17, 15) is 0 Å². The average molecular weight is 164 g/mol. The van der Waals surface area contributed by atoms with Gasteiger partial charge in [0.25, 0.3) is 0 Å². The van der Waals surface area contributed by atoms with Gasteiger partial charge in [-0.3, -0.25) is 4.90 Å². The van der Waals surface area contributed by atoms with Crippen LogP contribution in [0.3, 0.4) is 0 Å². The Balaban J connectivity index is 2.41. The molecule has 0 aromatic heterocycles. The van der Waals surface area contributed by atoms with Gasteiger partial charge < -0.3 is 5.11 Å². The predicted octanol–water partition coefficient (Wildman–Crippen LogP) is 0.911. The van der Waals surface area contributed by atoms with Gasteiger partial charge in [-0.05, 0) is 18.7 Å². The highest BCUT2D eigenvalue weighted by Crippen LogP contribution is 2.00. The van der Waals surface area contributed by atoms with Gasteiger partial charge in [0.2, 0.25) is 0 Å². The summed E-state index contributed by atoms with van der Waals surface area (Å²) < 4.78 is 0. The molecule has 1 aromatic rings. The molecule has 0 aliphatic carbocycles. The molecule has 65 valence electrons. The number of likely N-dealkylation sites (N-methyl/N-ethyl adjacent to an activating group) is 1. The molecule has 0 bridgehead atoms. The van der Waals surface area contributed by atoms with Crippen LogP contribution in [0.15, 0.2) is 24.3 Å². The summed E-state index contributed by atoms with van der Waals surface area (Å²) >= 11 is 0. The lowest BCUT2D eigenvalue weighted by Crippen LogP contribution is -2.21. The van der Waals surface area contributed by atoms with Crippen molar-refractivity contribution in [2.24, 2.45) is 0 Å². The quantitative estimate of drug-likeness (QED) is 0.715. The third kappa shape index (κ3) is 3.03. The van der Waals surface area contributed by atoms with Gasteiger partial charge in [0.1, 0.15) is 0 Å². The topological polar surface area (TPSA) is 23.5 Å². The van der Waals surface area contributed by atoms with Gasteiger partial charge in [0.05, 0.1) is 6.61 Å². The number of nitrogens with zero attached hydrogens (tertiary/aromatic N) is 1. The molecule has 0 spiro atoms. The summed E-state index contributed by atoms with van der Waals surface area (Å²) in [6.45, 7) is 1.82. The summed E-state index contributed by atoms with van der Waals surface area (Å²) in [6.07, 6.45) is 0. The van der Waals surface area contributed by atoms with Crippen molar-refractivity contribution in [1.82, 2.24) is 4.90 Å². The Morgan fingerprint density at radius 3 is 2.67 bits per heavy atom. The van der Waals surface area contributed by atoms with Gasteiger partial charge in [-0.2, -0.15) is 0 Å². The fraction of sp³-hybridized carbons (Fsp3) is 0.400. The normalized spacial score (nSPS) is 10.6. The van der Waals surface area contributed by atoms with Crippen LogP contribution < -0.4 is 0 Å². The van der Waals surface area contributed by atoms with E-state index >= 15 is 0 Å². The molecule has 0 heterocycles. The molecule has 2 heteroatoms. The second-order valence-corrected chi connectivity index (χ2v) is 2.87. The van der Waals surface area contributed by atoms with Crippen molar-refractivity contribution >= 4 is 0 Å². The Morgan fingerprint density at radius 1 is 1.42 bits per heavy atom. The number of aliphatic hydroxyl groups excluding tert-OH is 1. The summed E-state index contributed by atoms with van der Waals surface area (Å²) in [7, 11) is 1.99. The van der Waals surface area contributed by atoms with Gasteiger partial charge in [0.15, 0.2) is 0 Å². The van der Waals surface area contributed by atoms with Crippen LogP contribution in [0.25, 0.3) is 0 Å². The Morgan fingerprint density at radius 2 is 2.08 bits per heavy atom. The van der Waals surface area contributed by atoms with E-state index in [1.807, 2.05) is 31.3 Å². The minimum absolute atomic E-state index is 0.218. The number of aliphatic hydroxyl groups is 1. The zero-order chi connectivity index (χ0) is 8.81. The first-order valence-corrected chi connectivity index (χ1v) is 4.07. The molecule has 0 aliphatic rings. The highest BCUT2D eigenvalue weighted by molar-refractivity contribution is 5.13. The van der Waals surface area contributed by atoms with Crippen LogP contribution in [0.2, 0.25) is 0 Å². The monoisotopic (exact) mass is 164 g/mol. The van der Waals surface area contributed by atoms with E-state index in [2.05, 4.69) is 11.0 Å². The Hall–Kier alpha value is -0.860. The summed E-state index contributed by atoms with van der Waals surface area (Å²) in [5.41, 5.74) is 1.25. The summed E-state index contributed by atoms with van der Waals surface area (Å²) in [5, 5.41) is 8.67. The second-order valence-electron chi connectivity index (χ2n) is 2.87. The molecule has 0 amide bonds. The van der Waals surface area contributed by atoms with E-state index < -0.39 is 0 Å². The van der Waals surface area contributed by atoms with Crippen LogP contribution in [-0.2, 0) is 6.54 Å². The molecule has 1 aromatic carbocycles. The average Bonchev–Trinajstić information content (AvgIpc) is 2.06. The maximum atomic E-state index is 8.67. The van der Waals surface area contributed by atoms with E-state index in [4.69, 9.17) is 5.11 Å². The standard InChI is InChI=1S/C10H14NO/c1-11(7-8-12)9-10-5-3-2-4-6-10/h3-6,12H,7-9H2,1H3. The second kappa shape index (κ2) is 4.91. The molecule has 0 aliphatic heterocycles. The lowest BCUT2D eigenvalue weighted by Gasteiger charge is -2.14. The van der Waals surface area contributed by atoms with Crippen molar-refractivity contribution in [3.05, 3.63) is 35.9 Å². The Kier molecular flexibility index (Phi) is 3.77. The Bertz CT molecular complexity index is 210. The van der Waals surface area contributed by atoms with Crippen molar-refractivity contribution in [2.45, 2.75) is 6.54 Å². The largest absolute Gasteiger partial charge is 0.395 e. The molecule has 12 heavy (non-hydrogen) atoms. The molecule has 0 saturated heterocycles. The van der Waals surface area contributed by atoms with Crippen LogP contribution in [0.5, 0.6) is 0 Å². The molecule has 0 saturated carbocycles. The number of rotatable bonds is 4. The van der Waals surface area contributed by atoms with Gasteiger partial charge in [-0.25, -0.2) is 0 Å². The molecule has 2 nitrogen and oxygen atoms in total. The van der Waals surface area contributed by atoms with E-state index in [1.165, 1.54) is 5.56 Å². The summed E-state index contributed by atoms with van der Waals surface area (Å²) in [4.78, 5) is 2.08. The molecule has 1 radical (unpaired) electrons. The maximum absolute atomic E-state index is 8.67. The fourth-order valence-corrected chi connectivity index (χ4v) is 1.09. The molecule has 0 atom stereocenters. The lowest BCUT2D eigenvalue weighted by atomic mass is 10.2. The maximum Gasteiger partial charge on any atom is 0.0558 e. The van der Waals surface area contributed by atoms with Crippen LogP contribution >= 0.6 is 0 Å². The smallest absolute Gasteiger partial charge is 0.0558 e. The SMILES string of the molecule is CN(CCO)Cc1cc[c]cc1. The number of benzene rings is 1. The van der Waals surface area contributed by atoms with Crippen molar-refractivity contribution in [2.75, 3.05) is 20.2 Å². The first-order chi connectivity index (χ1) is 5.83. The van der Waals surface area contributed by atoms with Gasteiger partial charge in [-0.15, -0.1) is 0 Å². The molecule has 0 unspecified atom stereocenters. The third-order valence-corrected chi connectivity index (χ3v) is 1.72. The van der Waals surface area contributed by atoms with Crippen molar-refractivity contribution in [1.29, 1.82) is 0 Å². The van der Waals surface area contributed by atoms with Crippen LogP contribution in [0.1, 0.15) is 5.56 Å².